The number of nitrogens with one attached hydrogen (secondary N) is 1. The van der Waals surface area contributed by atoms with Crippen LogP contribution in [0.5, 0.6) is 11.6 Å². The molecule has 0 saturated heterocycles. The molecule has 1 N–H and O–H groups in total. The third kappa shape index (κ3) is 5.56. The van der Waals surface area contributed by atoms with Gasteiger partial charge in [0.05, 0.1) is 0 Å². The van der Waals surface area contributed by atoms with E-state index in [1.165, 1.54) is 18.4 Å². The van der Waals surface area contributed by atoms with Crippen LogP contribution in [0.1, 0.15) is 28.9 Å². The number of amides is 1. The number of carbonyl (C=O) groups excluding carboxylic acids is 1. The van der Waals surface area contributed by atoms with Gasteiger partial charge < -0.3 is 15.0 Å². The standard InChI is InChI=1S/C24H26N4O2/c1-28(15-14-18-8-4-2-5-9-18)24-26-21(23(29)25-17-19-12-13-19)16-22(27-24)30-20-10-6-3-7-11-20/h2-11,16,19H,12-15,17H2,1H3,(H,25,29). The van der Waals surface area contributed by atoms with E-state index in [0.717, 1.165) is 13.0 Å². The van der Waals surface area contributed by atoms with Crippen LogP contribution in [0, 0.1) is 5.92 Å². The van der Waals surface area contributed by atoms with E-state index >= 15 is 0 Å². The van der Waals surface area contributed by atoms with Crippen LogP contribution >= 0.6 is 0 Å². The average molecular weight is 402 g/mol. The van der Waals surface area contributed by atoms with E-state index in [-0.39, 0.29) is 5.91 Å². The topological polar surface area (TPSA) is 67.4 Å². The second kappa shape index (κ2) is 9.39. The number of hydrogen-bond acceptors (Lipinski definition) is 5. The van der Waals surface area contributed by atoms with E-state index in [1.807, 2.05) is 60.5 Å². The third-order valence-electron chi connectivity index (χ3n) is 5.06. The molecule has 6 nitrogen and oxygen atoms in total. The average Bonchev–Trinajstić information content (AvgIpc) is 3.61. The largest absolute Gasteiger partial charge is 0.439 e. The first kappa shape index (κ1) is 19.9. The summed E-state index contributed by atoms with van der Waals surface area (Å²) in [5, 5.41) is 2.97. The fourth-order valence-corrected chi connectivity index (χ4v) is 3.05. The Hall–Kier alpha value is -3.41. The number of ether oxygens (including phenoxy) is 1. The predicted molar refractivity (Wildman–Crippen MR) is 117 cm³/mol. The molecule has 154 valence electrons. The number of hydrogen-bond donors (Lipinski definition) is 1. The van der Waals surface area contributed by atoms with Gasteiger partial charge in [-0.05, 0) is 42.9 Å². The molecule has 1 aliphatic carbocycles. The fraction of sp³-hybridized carbons (Fsp3) is 0.292. The second-order valence-electron chi connectivity index (χ2n) is 7.62. The molecule has 0 spiro atoms. The van der Waals surface area contributed by atoms with Gasteiger partial charge >= 0.3 is 0 Å². The van der Waals surface area contributed by atoms with Gasteiger partial charge in [-0.15, -0.1) is 0 Å². The molecule has 0 bridgehead atoms. The van der Waals surface area contributed by atoms with Crippen LogP contribution in [-0.2, 0) is 6.42 Å². The van der Waals surface area contributed by atoms with Crippen LogP contribution in [0.4, 0.5) is 5.95 Å². The van der Waals surface area contributed by atoms with Crippen molar-refractivity contribution >= 4 is 11.9 Å². The SMILES string of the molecule is CN(CCc1ccccc1)c1nc(Oc2ccccc2)cc(C(=O)NCC2CC2)n1. The molecule has 0 radical (unpaired) electrons. The van der Waals surface area contributed by atoms with Crippen LogP contribution in [-0.4, -0.2) is 36.0 Å². The van der Waals surface area contributed by atoms with Gasteiger partial charge in [0.15, 0.2) is 0 Å². The Bertz CT molecular complexity index is 975. The Kier molecular flexibility index (Phi) is 6.23. The Balaban J connectivity index is 1.52. The van der Waals surface area contributed by atoms with Gasteiger partial charge in [-0.25, -0.2) is 4.98 Å². The molecule has 1 aliphatic rings. The summed E-state index contributed by atoms with van der Waals surface area (Å²) in [6.45, 7) is 1.42. The summed E-state index contributed by atoms with van der Waals surface area (Å²) in [7, 11) is 1.93. The van der Waals surface area contributed by atoms with Gasteiger partial charge in [-0.1, -0.05) is 48.5 Å². The lowest BCUT2D eigenvalue weighted by Gasteiger charge is -2.18. The summed E-state index contributed by atoms with van der Waals surface area (Å²) in [5.41, 5.74) is 1.56. The highest BCUT2D eigenvalue weighted by molar-refractivity contribution is 5.92. The first-order chi connectivity index (χ1) is 14.7. The highest BCUT2D eigenvalue weighted by Crippen LogP contribution is 2.28. The van der Waals surface area contributed by atoms with Crippen molar-refractivity contribution in [1.82, 2.24) is 15.3 Å². The van der Waals surface area contributed by atoms with Crippen molar-refractivity contribution in [1.29, 1.82) is 0 Å². The Morgan fingerprint density at radius 2 is 1.77 bits per heavy atom. The molecule has 30 heavy (non-hydrogen) atoms. The number of rotatable bonds is 9. The number of likely N-dealkylation sites (N-methyl/N-ethyl adjacent to an activating group) is 1. The van der Waals surface area contributed by atoms with Crippen molar-refractivity contribution in [2.24, 2.45) is 5.92 Å². The first-order valence-corrected chi connectivity index (χ1v) is 10.3. The highest BCUT2D eigenvalue weighted by atomic mass is 16.5. The number of anilines is 1. The number of carbonyl (C=O) groups is 1. The lowest BCUT2D eigenvalue weighted by molar-refractivity contribution is 0.0946. The molecule has 1 aromatic heterocycles. The number of aromatic nitrogens is 2. The summed E-state index contributed by atoms with van der Waals surface area (Å²) >= 11 is 0. The maximum absolute atomic E-state index is 12.7. The summed E-state index contributed by atoms with van der Waals surface area (Å²) in [6, 6.07) is 21.3. The summed E-state index contributed by atoms with van der Waals surface area (Å²) < 4.78 is 5.90. The van der Waals surface area contributed by atoms with Crippen molar-refractivity contribution in [3.05, 3.63) is 78.0 Å². The smallest absolute Gasteiger partial charge is 0.270 e. The van der Waals surface area contributed by atoms with E-state index < -0.39 is 0 Å². The minimum absolute atomic E-state index is 0.195. The van der Waals surface area contributed by atoms with Crippen LogP contribution in [0.25, 0.3) is 0 Å². The number of para-hydroxylation sites is 1. The molecule has 1 fully saturated rings. The van der Waals surface area contributed by atoms with Crippen LogP contribution < -0.4 is 15.0 Å². The molecule has 0 atom stereocenters. The minimum atomic E-state index is -0.195. The number of nitrogens with zero attached hydrogens (tertiary/aromatic N) is 3. The van der Waals surface area contributed by atoms with Crippen molar-refractivity contribution in [2.75, 3.05) is 25.0 Å². The van der Waals surface area contributed by atoms with Crippen LogP contribution in [0.15, 0.2) is 66.7 Å². The van der Waals surface area contributed by atoms with E-state index in [0.29, 0.717) is 35.7 Å². The van der Waals surface area contributed by atoms with Gasteiger partial charge in [0.25, 0.3) is 5.91 Å². The van der Waals surface area contributed by atoms with Gasteiger partial charge in [-0.2, -0.15) is 4.98 Å². The molecule has 6 heteroatoms. The Labute approximate surface area is 176 Å². The Morgan fingerprint density at radius 3 is 2.47 bits per heavy atom. The molecule has 2 aromatic carbocycles. The molecule has 0 aliphatic heterocycles. The molecule has 4 rings (SSSR count). The van der Waals surface area contributed by atoms with E-state index in [9.17, 15) is 4.79 Å². The highest BCUT2D eigenvalue weighted by Gasteiger charge is 2.23. The molecule has 0 unspecified atom stereocenters. The van der Waals surface area contributed by atoms with Crippen LogP contribution in [0.3, 0.4) is 0 Å². The molecule has 3 aromatic rings. The first-order valence-electron chi connectivity index (χ1n) is 10.3. The molecular formula is C24H26N4O2. The normalized spacial score (nSPS) is 13.0. The zero-order valence-corrected chi connectivity index (χ0v) is 17.1. The monoisotopic (exact) mass is 402 g/mol. The lowest BCUT2D eigenvalue weighted by atomic mass is 10.1. The summed E-state index contributed by atoms with van der Waals surface area (Å²) in [6.07, 6.45) is 3.22. The van der Waals surface area contributed by atoms with Crippen molar-refractivity contribution < 1.29 is 9.53 Å². The fourth-order valence-electron chi connectivity index (χ4n) is 3.05. The molecule has 1 saturated carbocycles. The zero-order chi connectivity index (χ0) is 20.8. The van der Waals surface area contributed by atoms with Gasteiger partial charge in [-0.3, -0.25) is 4.79 Å². The summed E-state index contributed by atoms with van der Waals surface area (Å²) in [4.78, 5) is 23.7. The lowest BCUT2D eigenvalue weighted by Crippen LogP contribution is -2.28. The van der Waals surface area contributed by atoms with E-state index in [4.69, 9.17) is 4.74 Å². The number of benzene rings is 2. The minimum Gasteiger partial charge on any atom is -0.439 e. The van der Waals surface area contributed by atoms with E-state index in [2.05, 4.69) is 27.4 Å². The van der Waals surface area contributed by atoms with Crippen molar-refractivity contribution in [3.8, 4) is 11.6 Å². The maximum Gasteiger partial charge on any atom is 0.270 e. The maximum atomic E-state index is 12.7. The second-order valence-corrected chi connectivity index (χ2v) is 7.62. The Morgan fingerprint density at radius 1 is 1.07 bits per heavy atom. The quantitative estimate of drug-likeness (QED) is 0.584. The predicted octanol–water partition coefficient (Wildman–Crippen LogP) is 4.09. The molecule has 1 heterocycles. The van der Waals surface area contributed by atoms with Crippen molar-refractivity contribution in [3.63, 3.8) is 0 Å². The summed E-state index contributed by atoms with van der Waals surface area (Å²) in [5.74, 6) is 1.90. The van der Waals surface area contributed by atoms with Gasteiger partial charge in [0, 0.05) is 26.2 Å². The van der Waals surface area contributed by atoms with Crippen LogP contribution in [0.2, 0.25) is 0 Å². The van der Waals surface area contributed by atoms with Crippen molar-refractivity contribution in [2.45, 2.75) is 19.3 Å². The van der Waals surface area contributed by atoms with Gasteiger partial charge in [0.1, 0.15) is 11.4 Å². The molecule has 1 amide bonds. The van der Waals surface area contributed by atoms with E-state index in [1.54, 1.807) is 6.07 Å². The van der Waals surface area contributed by atoms with Gasteiger partial charge in [0.2, 0.25) is 11.8 Å². The molecular weight excluding hydrogens is 376 g/mol. The zero-order valence-electron chi connectivity index (χ0n) is 17.1. The third-order valence-corrected chi connectivity index (χ3v) is 5.06.